The minimum atomic E-state index is -1.02. The van der Waals surface area contributed by atoms with Gasteiger partial charge in [0.2, 0.25) is 0 Å². The molecule has 19 heavy (non-hydrogen) atoms. The Bertz CT molecular complexity index is 569. The number of nitrogens with zero attached hydrogens (tertiary/aromatic N) is 2. The molecule has 0 saturated heterocycles. The number of hydrogen-bond acceptors (Lipinski definition) is 5. The van der Waals surface area contributed by atoms with Crippen molar-refractivity contribution in [3.8, 4) is 0 Å². The molecule has 3 N–H and O–H groups in total. The predicted octanol–water partition coefficient (Wildman–Crippen LogP) is 2.45. The van der Waals surface area contributed by atoms with Crippen LogP contribution in [0.15, 0.2) is 29.8 Å². The van der Waals surface area contributed by atoms with E-state index in [0.717, 1.165) is 13.1 Å². The molecule has 2 heterocycles. The van der Waals surface area contributed by atoms with Gasteiger partial charge in [0.15, 0.2) is 5.82 Å². The van der Waals surface area contributed by atoms with Crippen LogP contribution in [0.25, 0.3) is 0 Å². The molecule has 0 aromatic carbocycles. The summed E-state index contributed by atoms with van der Waals surface area (Å²) in [6.45, 7) is 3.49. The van der Waals surface area contributed by atoms with Crippen molar-refractivity contribution in [3.05, 3.63) is 40.2 Å². The summed E-state index contributed by atoms with van der Waals surface area (Å²) in [6.07, 6.45) is 1.34. The SMILES string of the molecule is CCN(Cc1cccs1)c1ncc(C(=O)O)cc1N. The molecule has 0 unspecified atom stereocenters. The maximum atomic E-state index is 10.9. The van der Waals surface area contributed by atoms with E-state index in [-0.39, 0.29) is 5.56 Å². The van der Waals surface area contributed by atoms with Crippen LogP contribution in [0.4, 0.5) is 11.5 Å². The molecule has 0 radical (unpaired) electrons. The molecule has 5 nitrogen and oxygen atoms in total. The number of anilines is 2. The zero-order valence-corrected chi connectivity index (χ0v) is 11.4. The van der Waals surface area contributed by atoms with E-state index in [0.29, 0.717) is 11.5 Å². The highest BCUT2D eigenvalue weighted by atomic mass is 32.1. The lowest BCUT2D eigenvalue weighted by Gasteiger charge is -2.22. The van der Waals surface area contributed by atoms with Crippen LogP contribution in [0.5, 0.6) is 0 Å². The first kappa shape index (κ1) is 13.4. The number of aromatic carboxylic acids is 1. The second kappa shape index (κ2) is 5.71. The maximum Gasteiger partial charge on any atom is 0.337 e. The van der Waals surface area contributed by atoms with E-state index in [2.05, 4.69) is 11.1 Å². The number of carboxylic acids is 1. The first-order valence-corrected chi connectivity index (χ1v) is 6.76. The number of hydrogen-bond donors (Lipinski definition) is 2. The van der Waals surface area contributed by atoms with E-state index in [1.165, 1.54) is 17.1 Å². The van der Waals surface area contributed by atoms with Crippen LogP contribution in [-0.4, -0.2) is 22.6 Å². The van der Waals surface area contributed by atoms with E-state index >= 15 is 0 Å². The third-order valence-electron chi connectivity index (χ3n) is 2.75. The zero-order valence-electron chi connectivity index (χ0n) is 10.5. The number of nitrogen functional groups attached to an aromatic ring is 1. The standard InChI is InChI=1S/C13H15N3O2S/c1-2-16(8-10-4-3-5-19-10)12-11(14)6-9(7-15-12)13(17)18/h3-7H,2,8,14H2,1H3,(H,17,18). The monoisotopic (exact) mass is 277 g/mol. The van der Waals surface area contributed by atoms with Gasteiger partial charge in [-0.1, -0.05) is 6.07 Å². The third kappa shape index (κ3) is 3.03. The minimum Gasteiger partial charge on any atom is -0.478 e. The highest BCUT2D eigenvalue weighted by molar-refractivity contribution is 7.09. The Balaban J connectivity index is 2.25. The quantitative estimate of drug-likeness (QED) is 0.877. The van der Waals surface area contributed by atoms with Crippen LogP contribution >= 0.6 is 11.3 Å². The van der Waals surface area contributed by atoms with Gasteiger partial charge in [0.25, 0.3) is 0 Å². The molecule has 2 aromatic rings. The Morgan fingerprint density at radius 1 is 1.58 bits per heavy atom. The summed E-state index contributed by atoms with van der Waals surface area (Å²) in [6, 6.07) is 5.50. The average Bonchev–Trinajstić information content (AvgIpc) is 2.89. The first-order chi connectivity index (χ1) is 9.11. The van der Waals surface area contributed by atoms with Gasteiger partial charge in [-0.3, -0.25) is 0 Å². The van der Waals surface area contributed by atoms with Crippen LogP contribution < -0.4 is 10.6 Å². The summed E-state index contributed by atoms with van der Waals surface area (Å²) in [4.78, 5) is 18.3. The number of carbonyl (C=O) groups is 1. The molecule has 0 aliphatic carbocycles. The van der Waals surface area contributed by atoms with Crippen LogP contribution in [0.2, 0.25) is 0 Å². The van der Waals surface area contributed by atoms with Crippen molar-refractivity contribution in [3.63, 3.8) is 0 Å². The zero-order chi connectivity index (χ0) is 13.8. The van der Waals surface area contributed by atoms with E-state index in [9.17, 15) is 4.79 Å². The molecule has 100 valence electrons. The van der Waals surface area contributed by atoms with Crippen molar-refractivity contribution in [2.75, 3.05) is 17.2 Å². The van der Waals surface area contributed by atoms with Crippen molar-refractivity contribution in [1.29, 1.82) is 0 Å². The molecular formula is C13H15N3O2S. The lowest BCUT2D eigenvalue weighted by molar-refractivity contribution is 0.0696. The predicted molar refractivity (Wildman–Crippen MR) is 76.7 cm³/mol. The molecule has 6 heteroatoms. The van der Waals surface area contributed by atoms with Crippen molar-refractivity contribution in [2.45, 2.75) is 13.5 Å². The molecule has 0 saturated carbocycles. The van der Waals surface area contributed by atoms with Crippen LogP contribution in [-0.2, 0) is 6.54 Å². The van der Waals surface area contributed by atoms with Crippen LogP contribution in [0.3, 0.4) is 0 Å². The summed E-state index contributed by atoms with van der Waals surface area (Å²) in [5, 5.41) is 10.9. The van der Waals surface area contributed by atoms with E-state index in [4.69, 9.17) is 10.8 Å². The Kier molecular flexibility index (Phi) is 4.01. The summed E-state index contributed by atoms with van der Waals surface area (Å²) in [5.41, 5.74) is 6.39. The molecule has 0 amide bonds. The van der Waals surface area contributed by atoms with Gasteiger partial charge in [0.05, 0.1) is 17.8 Å². The fourth-order valence-electron chi connectivity index (χ4n) is 1.78. The second-order valence-corrected chi connectivity index (χ2v) is 5.07. The highest BCUT2D eigenvalue weighted by Gasteiger charge is 2.13. The molecule has 0 bridgehead atoms. The number of nitrogens with two attached hydrogens (primary N) is 1. The van der Waals surface area contributed by atoms with Crippen molar-refractivity contribution < 1.29 is 9.90 Å². The average molecular weight is 277 g/mol. The molecule has 0 spiro atoms. The van der Waals surface area contributed by atoms with Gasteiger partial charge in [-0.2, -0.15) is 0 Å². The lowest BCUT2D eigenvalue weighted by atomic mass is 10.2. The van der Waals surface area contributed by atoms with Crippen molar-refractivity contribution in [1.82, 2.24) is 4.98 Å². The van der Waals surface area contributed by atoms with Gasteiger partial charge in [-0.15, -0.1) is 11.3 Å². The largest absolute Gasteiger partial charge is 0.478 e. The summed E-state index contributed by atoms with van der Waals surface area (Å²) >= 11 is 1.67. The Labute approximate surface area is 115 Å². The van der Waals surface area contributed by atoms with E-state index in [1.54, 1.807) is 11.3 Å². The number of aromatic nitrogens is 1. The summed E-state index contributed by atoms with van der Waals surface area (Å²) in [7, 11) is 0. The van der Waals surface area contributed by atoms with Gasteiger partial charge < -0.3 is 15.7 Å². The lowest BCUT2D eigenvalue weighted by Crippen LogP contribution is -2.24. The molecule has 0 aliphatic heterocycles. The normalized spacial score (nSPS) is 10.4. The second-order valence-electron chi connectivity index (χ2n) is 4.04. The smallest absolute Gasteiger partial charge is 0.337 e. The molecule has 0 atom stereocenters. The third-order valence-corrected chi connectivity index (χ3v) is 3.61. The first-order valence-electron chi connectivity index (χ1n) is 5.88. The van der Waals surface area contributed by atoms with Crippen molar-refractivity contribution >= 4 is 28.8 Å². The molecular weight excluding hydrogens is 262 g/mol. The van der Waals surface area contributed by atoms with E-state index in [1.807, 2.05) is 23.3 Å². The minimum absolute atomic E-state index is 0.105. The topological polar surface area (TPSA) is 79.5 Å². The molecule has 2 rings (SSSR count). The number of pyridine rings is 1. The van der Waals surface area contributed by atoms with Crippen LogP contribution in [0, 0.1) is 0 Å². The molecule has 0 fully saturated rings. The van der Waals surface area contributed by atoms with Crippen LogP contribution in [0.1, 0.15) is 22.2 Å². The highest BCUT2D eigenvalue weighted by Crippen LogP contribution is 2.24. The van der Waals surface area contributed by atoms with Gasteiger partial charge in [0.1, 0.15) is 0 Å². The fourth-order valence-corrected chi connectivity index (χ4v) is 2.50. The van der Waals surface area contributed by atoms with Gasteiger partial charge in [-0.05, 0) is 24.4 Å². The number of carboxylic acid groups (broad SMARTS) is 1. The molecule has 2 aromatic heterocycles. The number of thiophene rings is 1. The Morgan fingerprint density at radius 2 is 2.37 bits per heavy atom. The Morgan fingerprint density at radius 3 is 2.89 bits per heavy atom. The Hall–Kier alpha value is -2.08. The van der Waals surface area contributed by atoms with Gasteiger partial charge in [-0.25, -0.2) is 9.78 Å². The maximum absolute atomic E-state index is 10.9. The van der Waals surface area contributed by atoms with Gasteiger partial charge >= 0.3 is 5.97 Å². The summed E-state index contributed by atoms with van der Waals surface area (Å²) in [5.74, 6) is -0.395. The number of rotatable bonds is 5. The fraction of sp³-hybridized carbons (Fsp3) is 0.231. The van der Waals surface area contributed by atoms with Gasteiger partial charge in [0, 0.05) is 17.6 Å². The molecule has 0 aliphatic rings. The van der Waals surface area contributed by atoms with E-state index < -0.39 is 5.97 Å². The summed E-state index contributed by atoms with van der Waals surface area (Å²) < 4.78 is 0. The van der Waals surface area contributed by atoms with Crippen molar-refractivity contribution in [2.24, 2.45) is 0 Å².